The van der Waals surface area contributed by atoms with Crippen molar-refractivity contribution in [3.05, 3.63) is 60.1 Å². The van der Waals surface area contributed by atoms with E-state index in [1.54, 1.807) is 36.4 Å². The van der Waals surface area contributed by atoms with Crippen molar-refractivity contribution >= 4 is 11.9 Å². The maximum Gasteiger partial charge on any atom is 0.407 e. The number of ether oxygens (including phenoxy) is 1. The van der Waals surface area contributed by atoms with Gasteiger partial charge in [0.25, 0.3) is 0 Å². The van der Waals surface area contributed by atoms with Crippen molar-refractivity contribution in [2.45, 2.75) is 12.5 Å². The Labute approximate surface area is 116 Å². The summed E-state index contributed by atoms with van der Waals surface area (Å²) in [4.78, 5) is 23.5. The maximum atomic E-state index is 12.2. The van der Waals surface area contributed by atoms with Gasteiger partial charge in [-0.15, -0.1) is 0 Å². The van der Waals surface area contributed by atoms with E-state index < -0.39 is 12.1 Å². The molecule has 5 nitrogen and oxygen atoms in total. The second-order valence-electron chi connectivity index (χ2n) is 4.20. The lowest BCUT2D eigenvalue weighted by molar-refractivity contribution is 0.0962. The first-order valence-electron chi connectivity index (χ1n) is 6.17. The van der Waals surface area contributed by atoms with Gasteiger partial charge in [-0.2, -0.15) is 0 Å². The molecule has 2 aromatic rings. The SMILES string of the molecule is COC(=O)NC(CC(=O)c1ccccc1)c1ccco1. The van der Waals surface area contributed by atoms with Gasteiger partial charge in [-0.1, -0.05) is 30.3 Å². The average Bonchev–Trinajstić information content (AvgIpc) is 3.01. The molecule has 1 amide bonds. The summed E-state index contributed by atoms with van der Waals surface area (Å²) in [5, 5.41) is 2.59. The highest BCUT2D eigenvalue weighted by atomic mass is 16.5. The standard InChI is InChI=1S/C15H15NO4/c1-19-15(18)16-12(14-8-5-9-20-14)10-13(17)11-6-3-2-4-7-11/h2-9,12H,10H2,1H3,(H,16,18). The number of alkyl carbamates (subject to hydrolysis) is 1. The summed E-state index contributed by atoms with van der Waals surface area (Å²) in [5.74, 6) is 0.433. The lowest BCUT2D eigenvalue weighted by Crippen LogP contribution is -2.29. The van der Waals surface area contributed by atoms with Gasteiger partial charge in [-0.25, -0.2) is 4.79 Å². The molecular weight excluding hydrogens is 258 g/mol. The third-order valence-corrected chi connectivity index (χ3v) is 2.85. The van der Waals surface area contributed by atoms with Crippen molar-refractivity contribution in [3.8, 4) is 0 Å². The molecule has 0 saturated carbocycles. The van der Waals surface area contributed by atoms with Crippen LogP contribution in [0, 0.1) is 0 Å². The number of carbonyl (C=O) groups is 2. The van der Waals surface area contributed by atoms with Crippen LogP contribution in [0.4, 0.5) is 4.79 Å². The van der Waals surface area contributed by atoms with E-state index >= 15 is 0 Å². The van der Waals surface area contributed by atoms with E-state index in [1.165, 1.54) is 13.4 Å². The zero-order valence-electron chi connectivity index (χ0n) is 11.0. The number of rotatable bonds is 5. The molecule has 5 heteroatoms. The Hall–Kier alpha value is -2.56. The van der Waals surface area contributed by atoms with Gasteiger partial charge in [-0.05, 0) is 12.1 Å². The van der Waals surface area contributed by atoms with Crippen LogP contribution in [0.3, 0.4) is 0 Å². The van der Waals surface area contributed by atoms with Gasteiger partial charge >= 0.3 is 6.09 Å². The summed E-state index contributed by atoms with van der Waals surface area (Å²) in [7, 11) is 1.27. The van der Waals surface area contributed by atoms with Gasteiger partial charge in [0.2, 0.25) is 0 Å². The molecule has 0 aliphatic rings. The first-order valence-corrected chi connectivity index (χ1v) is 6.17. The number of Topliss-reactive ketones (excluding diaryl/α,β-unsaturated/α-hetero) is 1. The minimum atomic E-state index is -0.604. The molecular formula is C15H15NO4. The summed E-state index contributed by atoms with van der Waals surface area (Å²) in [6, 6.07) is 11.8. The van der Waals surface area contributed by atoms with E-state index in [4.69, 9.17) is 4.42 Å². The Balaban J connectivity index is 2.12. The largest absolute Gasteiger partial charge is 0.467 e. The predicted octanol–water partition coefficient (Wildman–Crippen LogP) is 2.95. The molecule has 0 bridgehead atoms. The van der Waals surface area contributed by atoms with E-state index in [9.17, 15) is 9.59 Å². The molecule has 0 aliphatic heterocycles. The number of amides is 1. The fraction of sp³-hybridized carbons (Fsp3) is 0.200. The molecule has 1 N–H and O–H groups in total. The van der Waals surface area contributed by atoms with Gasteiger partial charge in [0.1, 0.15) is 5.76 Å². The first kappa shape index (κ1) is 13.9. The summed E-state index contributed by atoms with van der Waals surface area (Å²) < 4.78 is 9.82. The molecule has 0 spiro atoms. The van der Waals surface area contributed by atoms with Crippen LogP contribution in [-0.2, 0) is 4.74 Å². The van der Waals surface area contributed by atoms with Crippen LogP contribution < -0.4 is 5.32 Å². The van der Waals surface area contributed by atoms with Crippen molar-refractivity contribution in [2.75, 3.05) is 7.11 Å². The van der Waals surface area contributed by atoms with Crippen LogP contribution in [0.2, 0.25) is 0 Å². The van der Waals surface area contributed by atoms with E-state index in [1.807, 2.05) is 6.07 Å². The molecule has 0 fully saturated rings. The molecule has 0 radical (unpaired) electrons. The van der Waals surface area contributed by atoms with Crippen LogP contribution in [-0.4, -0.2) is 19.0 Å². The normalized spacial score (nSPS) is 11.7. The molecule has 2 rings (SSSR count). The molecule has 1 aromatic carbocycles. The zero-order chi connectivity index (χ0) is 14.4. The number of nitrogens with one attached hydrogen (secondary N) is 1. The van der Waals surface area contributed by atoms with Gasteiger partial charge in [0.05, 0.1) is 19.4 Å². The molecule has 1 heterocycles. The Morgan fingerprint density at radius 1 is 1.20 bits per heavy atom. The topological polar surface area (TPSA) is 68.5 Å². The van der Waals surface area contributed by atoms with Gasteiger partial charge in [0, 0.05) is 12.0 Å². The van der Waals surface area contributed by atoms with Gasteiger partial charge < -0.3 is 14.5 Å². The van der Waals surface area contributed by atoms with E-state index in [0.717, 1.165) is 0 Å². The second kappa shape index (κ2) is 6.56. The van der Waals surface area contributed by atoms with Crippen molar-refractivity contribution in [3.63, 3.8) is 0 Å². The van der Waals surface area contributed by atoms with E-state index in [0.29, 0.717) is 11.3 Å². The summed E-state index contributed by atoms with van der Waals surface area (Å²) >= 11 is 0. The number of methoxy groups -OCH3 is 1. The monoisotopic (exact) mass is 273 g/mol. The van der Waals surface area contributed by atoms with E-state index in [-0.39, 0.29) is 12.2 Å². The highest BCUT2D eigenvalue weighted by molar-refractivity contribution is 5.96. The summed E-state index contributed by atoms with van der Waals surface area (Å²) in [5.41, 5.74) is 0.593. The predicted molar refractivity (Wildman–Crippen MR) is 72.4 cm³/mol. The smallest absolute Gasteiger partial charge is 0.407 e. The minimum Gasteiger partial charge on any atom is -0.467 e. The Bertz CT molecular complexity index is 563. The number of ketones is 1. The summed E-state index contributed by atoms with van der Waals surface area (Å²) in [6.07, 6.45) is 0.994. The zero-order valence-corrected chi connectivity index (χ0v) is 11.0. The second-order valence-corrected chi connectivity index (χ2v) is 4.20. The minimum absolute atomic E-state index is 0.0802. The number of benzene rings is 1. The first-order chi connectivity index (χ1) is 9.70. The molecule has 0 saturated heterocycles. The van der Waals surface area contributed by atoms with Crippen LogP contribution >= 0.6 is 0 Å². The fourth-order valence-electron chi connectivity index (χ4n) is 1.84. The van der Waals surface area contributed by atoms with Crippen molar-refractivity contribution in [1.29, 1.82) is 0 Å². The Kier molecular flexibility index (Phi) is 4.55. The lowest BCUT2D eigenvalue weighted by Gasteiger charge is -2.15. The van der Waals surface area contributed by atoms with Crippen LogP contribution in [0.15, 0.2) is 53.1 Å². The Morgan fingerprint density at radius 3 is 2.55 bits per heavy atom. The number of hydrogen-bond donors (Lipinski definition) is 1. The average molecular weight is 273 g/mol. The molecule has 1 unspecified atom stereocenters. The molecule has 1 aromatic heterocycles. The van der Waals surface area contributed by atoms with Crippen LogP contribution in [0.1, 0.15) is 28.6 Å². The van der Waals surface area contributed by atoms with Crippen LogP contribution in [0.5, 0.6) is 0 Å². The highest BCUT2D eigenvalue weighted by Gasteiger charge is 2.21. The number of furan rings is 1. The van der Waals surface area contributed by atoms with Crippen molar-refractivity contribution in [2.24, 2.45) is 0 Å². The van der Waals surface area contributed by atoms with Crippen molar-refractivity contribution < 1.29 is 18.7 Å². The number of hydrogen-bond acceptors (Lipinski definition) is 4. The molecule has 0 aliphatic carbocycles. The molecule has 1 atom stereocenters. The summed E-state index contributed by atoms with van der Waals surface area (Å²) in [6.45, 7) is 0. The fourth-order valence-corrected chi connectivity index (χ4v) is 1.84. The molecule has 20 heavy (non-hydrogen) atoms. The maximum absolute atomic E-state index is 12.2. The third kappa shape index (κ3) is 3.47. The lowest BCUT2D eigenvalue weighted by atomic mass is 10.0. The van der Waals surface area contributed by atoms with Gasteiger partial charge in [0.15, 0.2) is 5.78 Å². The highest BCUT2D eigenvalue weighted by Crippen LogP contribution is 2.20. The van der Waals surface area contributed by atoms with E-state index in [2.05, 4.69) is 10.1 Å². The van der Waals surface area contributed by atoms with Gasteiger partial charge in [-0.3, -0.25) is 4.79 Å². The third-order valence-electron chi connectivity index (χ3n) is 2.85. The number of carbonyl (C=O) groups excluding carboxylic acids is 2. The van der Waals surface area contributed by atoms with Crippen molar-refractivity contribution in [1.82, 2.24) is 5.32 Å². The Morgan fingerprint density at radius 2 is 1.95 bits per heavy atom. The quantitative estimate of drug-likeness (QED) is 0.850. The van der Waals surface area contributed by atoms with Crippen LogP contribution in [0.25, 0.3) is 0 Å². The molecule has 104 valence electrons.